The summed E-state index contributed by atoms with van der Waals surface area (Å²) >= 11 is 1.97. The summed E-state index contributed by atoms with van der Waals surface area (Å²) in [6, 6.07) is 9.87. The van der Waals surface area contributed by atoms with E-state index >= 15 is 0 Å². The first kappa shape index (κ1) is 11.0. The fourth-order valence-corrected chi connectivity index (χ4v) is 2.98. The maximum Gasteiger partial charge on any atom is 0.0428 e. The lowest BCUT2D eigenvalue weighted by molar-refractivity contribution is 0.392. The first-order valence-electron chi connectivity index (χ1n) is 5.66. The van der Waals surface area contributed by atoms with E-state index < -0.39 is 0 Å². The number of rotatable bonds is 3. The van der Waals surface area contributed by atoms with Gasteiger partial charge < -0.3 is 5.32 Å². The second kappa shape index (κ2) is 4.58. The van der Waals surface area contributed by atoms with Crippen molar-refractivity contribution in [2.75, 3.05) is 5.75 Å². The van der Waals surface area contributed by atoms with Gasteiger partial charge in [0.25, 0.3) is 0 Å². The second-order valence-electron chi connectivity index (χ2n) is 4.60. The normalized spacial score (nSPS) is 21.7. The number of hydrogen-bond donors (Lipinski definition) is 1. The van der Waals surface area contributed by atoms with Gasteiger partial charge in [-0.3, -0.25) is 0 Å². The van der Waals surface area contributed by atoms with Crippen molar-refractivity contribution in [2.24, 2.45) is 5.92 Å². The van der Waals surface area contributed by atoms with Gasteiger partial charge in [-0.15, -0.1) is 11.8 Å². The van der Waals surface area contributed by atoms with Crippen LogP contribution in [0.2, 0.25) is 0 Å². The van der Waals surface area contributed by atoms with Crippen LogP contribution in [-0.4, -0.2) is 11.8 Å². The van der Waals surface area contributed by atoms with E-state index in [2.05, 4.69) is 50.4 Å². The summed E-state index contributed by atoms with van der Waals surface area (Å²) in [6.45, 7) is 6.81. The van der Waals surface area contributed by atoms with Crippen LogP contribution in [0.5, 0.6) is 0 Å². The molecule has 0 aromatic heterocycles. The van der Waals surface area contributed by atoms with Gasteiger partial charge in [0, 0.05) is 22.7 Å². The number of nitrogens with one attached hydrogen (secondary N) is 1. The average molecular weight is 221 g/mol. The lowest BCUT2D eigenvalue weighted by Gasteiger charge is -2.22. The Bertz CT molecular complexity index is 335. The van der Waals surface area contributed by atoms with Crippen molar-refractivity contribution in [1.29, 1.82) is 0 Å². The SMILES string of the molecule is CC(C)C(C)NC1CSc2ccccc21. The Balaban J connectivity index is 2.08. The quantitative estimate of drug-likeness (QED) is 0.839. The molecule has 0 amide bonds. The zero-order valence-corrected chi connectivity index (χ0v) is 10.5. The molecule has 2 heteroatoms. The molecule has 1 aliphatic rings. The summed E-state index contributed by atoms with van der Waals surface area (Å²) in [5.41, 5.74) is 1.48. The van der Waals surface area contributed by atoms with Gasteiger partial charge in [0.15, 0.2) is 0 Å². The molecule has 2 unspecified atom stereocenters. The van der Waals surface area contributed by atoms with Crippen LogP contribution in [-0.2, 0) is 0 Å². The van der Waals surface area contributed by atoms with Crippen molar-refractivity contribution < 1.29 is 0 Å². The zero-order valence-electron chi connectivity index (χ0n) is 9.66. The van der Waals surface area contributed by atoms with Crippen LogP contribution in [0.4, 0.5) is 0 Å². The van der Waals surface area contributed by atoms with Crippen LogP contribution in [0.25, 0.3) is 0 Å². The molecule has 0 bridgehead atoms. The fraction of sp³-hybridized carbons (Fsp3) is 0.538. The molecule has 1 N–H and O–H groups in total. The van der Waals surface area contributed by atoms with Crippen molar-refractivity contribution in [2.45, 2.75) is 37.8 Å². The van der Waals surface area contributed by atoms with Gasteiger partial charge in [-0.25, -0.2) is 0 Å². The van der Waals surface area contributed by atoms with Crippen molar-refractivity contribution >= 4 is 11.8 Å². The molecule has 1 heterocycles. The van der Waals surface area contributed by atoms with E-state index in [-0.39, 0.29) is 0 Å². The van der Waals surface area contributed by atoms with Crippen molar-refractivity contribution in [3.63, 3.8) is 0 Å². The van der Waals surface area contributed by atoms with E-state index in [1.807, 2.05) is 11.8 Å². The summed E-state index contributed by atoms with van der Waals surface area (Å²) in [5.74, 6) is 1.87. The highest BCUT2D eigenvalue weighted by atomic mass is 32.2. The molecule has 2 rings (SSSR count). The van der Waals surface area contributed by atoms with Crippen LogP contribution in [0.3, 0.4) is 0 Å². The zero-order chi connectivity index (χ0) is 10.8. The minimum atomic E-state index is 0.545. The van der Waals surface area contributed by atoms with Gasteiger partial charge in [0.2, 0.25) is 0 Å². The third-order valence-electron chi connectivity index (χ3n) is 3.16. The molecule has 0 saturated carbocycles. The Morgan fingerprint density at radius 2 is 2.00 bits per heavy atom. The summed E-state index contributed by atoms with van der Waals surface area (Å²) in [4.78, 5) is 1.45. The van der Waals surface area contributed by atoms with E-state index in [1.54, 1.807) is 0 Å². The van der Waals surface area contributed by atoms with Crippen LogP contribution in [0.15, 0.2) is 29.2 Å². The highest BCUT2D eigenvalue weighted by Gasteiger charge is 2.24. The molecule has 0 saturated heterocycles. The van der Waals surface area contributed by atoms with Gasteiger partial charge in [0.05, 0.1) is 0 Å². The Morgan fingerprint density at radius 1 is 1.27 bits per heavy atom. The van der Waals surface area contributed by atoms with Crippen LogP contribution < -0.4 is 5.32 Å². The Labute approximate surface area is 96.7 Å². The topological polar surface area (TPSA) is 12.0 Å². The van der Waals surface area contributed by atoms with E-state index in [4.69, 9.17) is 0 Å². The van der Waals surface area contributed by atoms with E-state index in [1.165, 1.54) is 16.2 Å². The van der Waals surface area contributed by atoms with Gasteiger partial charge in [-0.05, 0) is 24.5 Å². The van der Waals surface area contributed by atoms with Crippen molar-refractivity contribution in [3.8, 4) is 0 Å². The minimum absolute atomic E-state index is 0.545. The number of hydrogen-bond acceptors (Lipinski definition) is 2. The monoisotopic (exact) mass is 221 g/mol. The molecular weight excluding hydrogens is 202 g/mol. The molecule has 1 aliphatic heterocycles. The molecule has 2 atom stereocenters. The molecule has 1 aromatic rings. The fourth-order valence-electron chi connectivity index (χ4n) is 1.81. The molecule has 82 valence electrons. The lowest BCUT2D eigenvalue weighted by atomic mass is 10.0. The molecule has 0 spiro atoms. The van der Waals surface area contributed by atoms with Crippen LogP contribution in [0, 0.1) is 5.92 Å². The standard InChI is InChI=1S/C13H19NS/c1-9(2)10(3)14-12-8-15-13-7-5-4-6-11(12)13/h4-7,9-10,12,14H,8H2,1-3H3. The van der Waals surface area contributed by atoms with Crippen molar-refractivity contribution in [3.05, 3.63) is 29.8 Å². The number of benzene rings is 1. The highest BCUT2D eigenvalue weighted by Crippen LogP contribution is 2.38. The predicted molar refractivity (Wildman–Crippen MR) is 67.3 cm³/mol. The van der Waals surface area contributed by atoms with Crippen LogP contribution in [0.1, 0.15) is 32.4 Å². The largest absolute Gasteiger partial charge is 0.306 e. The third kappa shape index (κ3) is 2.37. The highest BCUT2D eigenvalue weighted by molar-refractivity contribution is 7.99. The van der Waals surface area contributed by atoms with E-state index in [0.717, 1.165) is 0 Å². The third-order valence-corrected chi connectivity index (χ3v) is 4.35. The summed E-state index contributed by atoms with van der Waals surface area (Å²) in [7, 11) is 0. The van der Waals surface area contributed by atoms with Crippen LogP contribution >= 0.6 is 11.8 Å². The van der Waals surface area contributed by atoms with E-state index in [9.17, 15) is 0 Å². The molecule has 0 aliphatic carbocycles. The number of thioether (sulfide) groups is 1. The van der Waals surface area contributed by atoms with Crippen molar-refractivity contribution in [1.82, 2.24) is 5.32 Å². The predicted octanol–water partition coefficient (Wildman–Crippen LogP) is 3.47. The Morgan fingerprint density at radius 3 is 2.73 bits per heavy atom. The van der Waals surface area contributed by atoms with E-state index in [0.29, 0.717) is 18.0 Å². The summed E-state index contributed by atoms with van der Waals surface area (Å²) in [5, 5.41) is 3.71. The first-order chi connectivity index (χ1) is 7.18. The van der Waals surface area contributed by atoms with Gasteiger partial charge >= 0.3 is 0 Å². The Hall–Kier alpha value is -0.470. The molecule has 0 fully saturated rings. The second-order valence-corrected chi connectivity index (χ2v) is 5.66. The maximum absolute atomic E-state index is 3.71. The van der Waals surface area contributed by atoms with Gasteiger partial charge in [-0.2, -0.15) is 0 Å². The number of fused-ring (bicyclic) bond motifs is 1. The smallest absolute Gasteiger partial charge is 0.0428 e. The molecular formula is C13H19NS. The lowest BCUT2D eigenvalue weighted by Crippen LogP contribution is -2.34. The molecule has 1 nitrogen and oxygen atoms in total. The summed E-state index contributed by atoms with van der Waals surface area (Å²) in [6.07, 6.45) is 0. The molecule has 0 radical (unpaired) electrons. The minimum Gasteiger partial charge on any atom is -0.306 e. The maximum atomic E-state index is 3.71. The average Bonchev–Trinajstić information content (AvgIpc) is 2.62. The molecule has 15 heavy (non-hydrogen) atoms. The summed E-state index contributed by atoms with van der Waals surface area (Å²) < 4.78 is 0. The first-order valence-corrected chi connectivity index (χ1v) is 6.65. The Kier molecular flexibility index (Phi) is 3.37. The van der Waals surface area contributed by atoms with Gasteiger partial charge in [0.1, 0.15) is 0 Å². The van der Waals surface area contributed by atoms with Gasteiger partial charge in [-0.1, -0.05) is 32.0 Å². The molecule has 1 aromatic carbocycles.